The highest BCUT2D eigenvalue weighted by molar-refractivity contribution is 7.15. The van der Waals surface area contributed by atoms with Gasteiger partial charge in [0.2, 0.25) is 0 Å². The number of carbonyl (C=O) groups excluding carboxylic acids is 2. The Hall–Kier alpha value is -1.47. The van der Waals surface area contributed by atoms with Crippen molar-refractivity contribution < 1.29 is 14.4 Å². The Morgan fingerprint density at radius 2 is 2.25 bits per heavy atom. The number of carbonyl (C=O) groups is 2. The number of nitrogens with zero attached hydrogens (tertiary/aromatic N) is 1. The summed E-state index contributed by atoms with van der Waals surface area (Å²) in [5.41, 5.74) is 4.89. The van der Waals surface area contributed by atoms with Crippen LogP contribution in [-0.4, -0.2) is 16.9 Å². The normalized spacial score (nSPS) is 9.42. The topological polar surface area (TPSA) is 108 Å². The monoisotopic (exact) mass is 187 g/mol. The molecule has 64 valence electrons. The van der Waals surface area contributed by atoms with Gasteiger partial charge in [0, 0.05) is 0 Å². The van der Waals surface area contributed by atoms with Crippen LogP contribution >= 0.6 is 11.3 Å². The van der Waals surface area contributed by atoms with Crippen molar-refractivity contribution in [3.05, 3.63) is 16.1 Å². The zero-order valence-electron chi connectivity index (χ0n) is 5.81. The highest BCUT2D eigenvalue weighted by Crippen LogP contribution is 2.12. The number of hydrogen-bond donors (Lipinski definition) is 2. The molecule has 0 aliphatic rings. The van der Waals surface area contributed by atoms with E-state index in [1.54, 1.807) is 0 Å². The predicted octanol–water partition coefficient (Wildman–Crippen LogP) is -0.727. The molecule has 0 unspecified atom stereocenters. The molecule has 4 N–H and O–H groups in total. The Balaban J connectivity index is 2.91. The second-order valence-electron chi connectivity index (χ2n) is 1.80. The van der Waals surface area contributed by atoms with Gasteiger partial charge in [0.25, 0.3) is 5.91 Å². The second kappa shape index (κ2) is 3.28. The molecule has 7 heteroatoms. The summed E-state index contributed by atoms with van der Waals surface area (Å²) in [7, 11) is 0. The molecule has 0 spiro atoms. The summed E-state index contributed by atoms with van der Waals surface area (Å²) in [4.78, 5) is 28.9. The maximum absolute atomic E-state index is 10.7. The minimum absolute atomic E-state index is 0.0513. The maximum atomic E-state index is 10.7. The maximum Gasteiger partial charge on any atom is 0.368 e. The molecule has 1 heterocycles. The van der Waals surface area contributed by atoms with Crippen molar-refractivity contribution in [3.8, 4) is 0 Å². The largest absolute Gasteiger partial charge is 0.369 e. The lowest BCUT2D eigenvalue weighted by Crippen LogP contribution is -2.10. The average molecular weight is 187 g/mol. The minimum Gasteiger partial charge on any atom is -0.369 e. The van der Waals surface area contributed by atoms with E-state index in [1.165, 1.54) is 6.20 Å². The molecule has 0 fully saturated rings. The first-order chi connectivity index (χ1) is 5.65. The van der Waals surface area contributed by atoms with E-state index >= 15 is 0 Å². The molecule has 6 nitrogen and oxygen atoms in total. The molecular weight excluding hydrogens is 182 g/mol. The molecule has 0 saturated carbocycles. The van der Waals surface area contributed by atoms with Gasteiger partial charge in [0.05, 0.1) is 6.20 Å². The van der Waals surface area contributed by atoms with Gasteiger partial charge in [-0.3, -0.25) is 4.79 Å². The standard InChI is InChI=1S/C5H5N3O3S/c6-3(9)4-8-1-2(12-4)5(10)11-7/h1H,7H2,(H2,6,9). The predicted molar refractivity (Wildman–Crippen MR) is 40.2 cm³/mol. The van der Waals surface area contributed by atoms with Crippen molar-refractivity contribution >= 4 is 23.2 Å². The number of nitrogens with two attached hydrogens (primary N) is 2. The first-order valence-electron chi connectivity index (χ1n) is 2.82. The first kappa shape index (κ1) is 8.62. The van der Waals surface area contributed by atoms with E-state index in [-0.39, 0.29) is 9.88 Å². The van der Waals surface area contributed by atoms with Crippen LogP contribution in [0.4, 0.5) is 0 Å². The molecule has 0 saturated heterocycles. The van der Waals surface area contributed by atoms with Crippen LogP contribution in [0.3, 0.4) is 0 Å². The second-order valence-corrected chi connectivity index (χ2v) is 2.83. The van der Waals surface area contributed by atoms with Gasteiger partial charge in [-0.25, -0.2) is 9.78 Å². The van der Waals surface area contributed by atoms with Gasteiger partial charge in [0.1, 0.15) is 4.88 Å². The van der Waals surface area contributed by atoms with E-state index in [2.05, 4.69) is 15.7 Å². The van der Waals surface area contributed by atoms with E-state index in [0.29, 0.717) is 0 Å². The molecule has 0 bridgehead atoms. The summed E-state index contributed by atoms with van der Waals surface area (Å²) < 4.78 is 0. The first-order valence-corrected chi connectivity index (χ1v) is 3.63. The van der Waals surface area contributed by atoms with Gasteiger partial charge in [-0.05, 0) is 0 Å². The van der Waals surface area contributed by atoms with Crippen molar-refractivity contribution in [2.75, 3.05) is 0 Å². The number of primary amides is 1. The Bertz CT molecular complexity index is 321. The average Bonchev–Trinajstić information content (AvgIpc) is 2.51. The third-order valence-electron chi connectivity index (χ3n) is 1.02. The van der Waals surface area contributed by atoms with Crippen molar-refractivity contribution in [2.24, 2.45) is 11.6 Å². The third-order valence-corrected chi connectivity index (χ3v) is 2.02. The van der Waals surface area contributed by atoms with Gasteiger partial charge in [-0.2, -0.15) is 5.90 Å². The van der Waals surface area contributed by atoms with E-state index in [4.69, 9.17) is 5.73 Å². The Morgan fingerprint density at radius 3 is 2.67 bits per heavy atom. The lowest BCUT2D eigenvalue weighted by atomic mass is 10.6. The van der Waals surface area contributed by atoms with Crippen LogP contribution < -0.4 is 11.6 Å². The van der Waals surface area contributed by atoms with Crippen molar-refractivity contribution in [1.82, 2.24) is 4.98 Å². The van der Waals surface area contributed by atoms with Crippen LogP contribution in [0.2, 0.25) is 0 Å². The molecule has 1 aromatic rings. The SMILES string of the molecule is NOC(=O)c1cnc(C(N)=O)s1. The lowest BCUT2D eigenvalue weighted by molar-refractivity contribution is 0.0509. The van der Waals surface area contributed by atoms with Crippen molar-refractivity contribution in [1.29, 1.82) is 0 Å². The lowest BCUT2D eigenvalue weighted by Gasteiger charge is -1.88. The fraction of sp³-hybridized carbons (Fsp3) is 0. The quantitative estimate of drug-likeness (QED) is 0.593. The molecular formula is C5H5N3O3S. The van der Waals surface area contributed by atoms with Crippen LogP contribution in [0.1, 0.15) is 19.5 Å². The molecule has 0 aliphatic carbocycles. The molecule has 12 heavy (non-hydrogen) atoms. The number of rotatable bonds is 2. The smallest absolute Gasteiger partial charge is 0.368 e. The summed E-state index contributed by atoms with van der Waals surface area (Å²) >= 11 is 0.833. The van der Waals surface area contributed by atoms with E-state index in [1.807, 2.05) is 0 Å². The Labute approximate surface area is 71.1 Å². The summed E-state index contributed by atoms with van der Waals surface area (Å²) in [6, 6.07) is 0. The van der Waals surface area contributed by atoms with Crippen LogP contribution in [0, 0.1) is 0 Å². The van der Waals surface area contributed by atoms with Gasteiger partial charge >= 0.3 is 5.97 Å². The van der Waals surface area contributed by atoms with Gasteiger partial charge < -0.3 is 10.6 Å². The molecule has 1 amide bonds. The number of aromatic nitrogens is 1. The third kappa shape index (κ3) is 1.57. The molecule has 1 aromatic heterocycles. The van der Waals surface area contributed by atoms with Gasteiger partial charge in [-0.1, -0.05) is 0 Å². The zero-order chi connectivity index (χ0) is 9.14. The molecule has 0 radical (unpaired) electrons. The van der Waals surface area contributed by atoms with Crippen LogP contribution in [0.5, 0.6) is 0 Å². The van der Waals surface area contributed by atoms with Crippen molar-refractivity contribution in [3.63, 3.8) is 0 Å². The highest BCUT2D eigenvalue weighted by Gasteiger charge is 2.13. The fourth-order valence-corrected chi connectivity index (χ4v) is 1.19. The number of hydrogen-bond acceptors (Lipinski definition) is 6. The Morgan fingerprint density at radius 1 is 1.58 bits per heavy atom. The van der Waals surface area contributed by atoms with E-state index < -0.39 is 11.9 Å². The van der Waals surface area contributed by atoms with Gasteiger partial charge in [0.15, 0.2) is 5.01 Å². The molecule has 1 rings (SSSR count). The van der Waals surface area contributed by atoms with E-state index in [9.17, 15) is 9.59 Å². The number of thiazole rings is 1. The summed E-state index contributed by atoms with van der Waals surface area (Å²) in [6.07, 6.45) is 1.18. The van der Waals surface area contributed by atoms with E-state index in [0.717, 1.165) is 11.3 Å². The van der Waals surface area contributed by atoms with Crippen LogP contribution in [0.15, 0.2) is 6.20 Å². The minimum atomic E-state index is -0.736. The van der Waals surface area contributed by atoms with Crippen molar-refractivity contribution in [2.45, 2.75) is 0 Å². The van der Waals surface area contributed by atoms with Crippen LogP contribution in [0.25, 0.3) is 0 Å². The van der Waals surface area contributed by atoms with Gasteiger partial charge in [-0.15, -0.1) is 11.3 Å². The summed E-state index contributed by atoms with van der Waals surface area (Å²) in [5, 5.41) is 0.0513. The Kier molecular flexibility index (Phi) is 2.36. The highest BCUT2D eigenvalue weighted by atomic mass is 32.1. The zero-order valence-corrected chi connectivity index (χ0v) is 6.63. The molecule has 0 aromatic carbocycles. The van der Waals surface area contributed by atoms with Crippen LogP contribution in [-0.2, 0) is 4.84 Å². The summed E-state index contributed by atoms with van der Waals surface area (Å²) in [6.45, 7) is 0. The number of amides is 1. The molecule has 0 aliphatic heterocycles. The fourth-order valence-electron chi connectivity index (χ4n) is 0.540. The molecule has 0 atom stereocenters. The summed E-state index contributed by atoms with van der Waals surface area (Å²) in [5.74, 6) is 3.18.